The summed E-state index contributed by atoms with van der Waals surface area (Å²) < 4.78 is 35.5. The third kappa shape index (κ3) is 4.40. The van der Waals surface area contributed by atoms with Gasteiger partial charge in [-0.25, -0.2) is 4.79 Å². The van der Waals surface area contributed by atoms with Crippen LogP contribution in [0.25, 0.3) is 0 Å². The summed E-state index contributed by atoms with van der Waals surface area (Å²) in [6.07, 6.45) is -2.44. The van der Waals surface area contributed by atoms with E-state index in [0.29, 0.717) is 19.0 Å². The number of carbonyl (C=O) groups is 1. The van der Waals surface area contributed by atoms with Crippen molar-refractivity contribution in [2.45, 2.75) is 25.9 Å². The maximum Gasteiger partial charge on any atom is 0.405 e. The minimum absolute atomic E-state index is 0.371. The molecule has 1 saturated heterocycles. The Morgan fingerprint density at radius 3 is 2.73 bits per heavy atom. The molecule has 1 heterocycles. The van der Waals surface area contributed by atoms with E-state index in [1.165, 1.54) is 4.90 Å². The lowest BCUT2D eigenvalue weighted by Crippen LogP contribution is -2.47. The average molecular weight is 224 g/mol. The zero-order chi connectivity index (χ0) is 11.5. The average Bonchev–Trinajstić information content (AvgIpc) is 2.13. The molecule has 0 radical (unpaired) electrons. The first-order valence-corrected chi connectivity index (χ1v) is 4.98. The molecule has 0 aromatic heterocycles. The predicted octanol–water partition coefficient (Wildman–Crippen LogP) is 1.99. The minimum atomic E-state index is -4.34. The third-order valence-electron chi connectivity index (χ3n) is 2.38. The van der Waals surface area contributed by atoms with Gasteiger partial charge in [-0.05, 0) is 18.8 Å². The highest BCUT2D eigenvalue weighted by molar-refractivity contribution is 5.74. The van der Waals surface area contributed by atoms with E-state index in [0.717, 1.165) is 12.8 Å². The molecule has 6 heteroatoms. The first kappa shape index (κ1) is 12.1. The fourth-order valence-electron chi connectivity index (χ4n) is 1.66. The number of nitrogens with one attached hydrogen (secondary N) is 1. The number of alkyl halides is 3. The molecule has 15 heavy (non-hydrogen) atoms. The highest BCUT2D eigenvalue weighted by atomic mass is 19.4. The van der Waals surface area contributed by atoms with Crippen molar-refractivity contribution in [3.05, 3.63) is 0 Å². The quantitative estimate of drug-likeness (QED) is 0.725. The van der Waals surface area contributed by atoms with E-state index in [-0.39, 0.29) is 0 Å². The van der Waals surface area contributed by atoms with Crippen LogP contribution in [0, 0.1) is 5.92 Å². The molecule has 3 nitrogen and oxygen atoms in total. The standard InChI is InChI=1S/C9H15F3N2O/c1-7-3-2-4-14(5-7)8(15)13-6-9(10,11)12/h7H,2-6H2,1H3,(H,13,15). The molecule has 2 amide bonds. The van der Waals surface area contributed by atoms with Gasteiger partial charge in [0.2, 0.25) is 0 Å². The van der Waals surface area contributed by atoms with E-state index >= 15 is 0 Å². The first-order chi connectivity index (χ1) is 6.88. The number of hydrogen-bond donors (Lipinski definition) is 1. The van der Waals surface area contributed by atoms with Crippen LogP contribution in [0.3, 0.4) is 0 Å². The van der Waals surface area contributed by atoms with Crippen LogP contribution in [-0.2, 0) is 0 Å². The molecular formula is C9H15F3N2O. The molecule has 1 atom stereocenters. The Balaban J connectivity index is 2.33. The molecule has 0 bridgehead atoms. The van der Waals surface area contributed by atoms with Gasteiger partial charge in [-0.3, -0.25) is 0 Å². The van der Waals surface area contributed by atoms with Crippen molar-refractivity contribution in [2.24, 2.45) is 5.92 Å². The van der Waals surface area contributed by atoms with Gasteiger partial charge in [0.05, 0.1) is 0 Å². The van der Waals surface area contributed by atoms with Crippen molar-refractivity contribution in [3.8, 4) is 0 Å². The number of rotatable bonds is 1. The number of amides is 2. The second kappa shape index (κ2) is 4.72. The zero-order valence-corrected chi connectivity index (χ0v) is 8.60. The molecular weight excluding hydrogens is 209 g/mol. The van der Waals surface area contributed by atoms with Crippen molar-refractivity contribution in [1.29, 1.82) is 0 Å². The van der Waals surface area contributed by atoms with Gasteiger partial charge in [0.25, 0.3) is 0 Å². The fraction of sp³-hybridized carbons (Fsp3) is 0.889. The Kier molecular flexibility index (Phi) is 3.82. The van der Waals surface area contributed by atoms with E-state index < -0.39 is 18.8 Å². The van der Waals surface area contributed by atoms with Crippen LogP contribution in [0.1, 0.15) is 19.8 Å². The number of piperidine rings is 1. The number of nitrogens with zero attached hydrogens (tertiary/aromatic N) is 1. The van der Waals surface area contributed by atoms with Crippen LogP contribution in [0.5, 0.6) is 0 Å². The van der Waals surface area contributed by atoms with Gasteiger partial charge in [-0.2, -0.15) is 13.2 Å². The summed E-state index contributed by atoms with van der Waals surface area (Å²) >= 11 is 0. The molecule has 88 valence electrons. The smallest absolute Gasteiger partial charge is 0.329 e. The van der Waals surface area contributed by atoms with E-state index in [1.807, 2.05) is 12.2 Å². The molecule has 1 N–H and O–H groups in total. The van der Waals surface area contributed by atoms with Crippen molar-refractivity contribution in [1.82, 2.24) is 10.2 Å². The van der Waals surface area contributed by atoms with Gasteiger partial charge in [-0.1, -0.05) is 6.92 Å². The molecule has 0 aromatic carbocycles. The SMILES string of the molecule is CC1CCCN(C(=O)NCC(F)(F)F)C1. The fourth-order valence-corrected chi connectivity index (χ4v) is 1.66. The molecule has 0 aromatic rings. The monoisotopic (exact) mass is 224 g/mol. The minimum Gasteiger partial charge on any atom is -0.329 e. The molecule has 1 unspecified atom stereocenters. The van der Waals surface area contributed by atoms with E-state index in [9.17, 15) is 18.0 Å². The topological polar surface area (TPSA) is 32.3 Å². The van der Waals surface area contributed by atoms with Crippen LogP contribution in [0.15, 0.2) is 0 Å². The van der Waals surface area contributed by atoms with Gasteiger partial charge in [0, 0.05) is 13.1 Å². The Hall–Kier alpha value is -0.940. The number of urea groups is 1. The summed E-state index contributed by atoms with van der Waals surface area (Å²) in [4.78, 5) is 12.7. The summed E-state index contributed by atoms with van der Waals surface area (Å²) in [5.41, 5.74) is 0. The molecule has 1 aliphatic rings. The van der Waals surface area contributed by atoms with Crippen molar-refractivity contribution in [2.75, 3.05) is 19.6 Å². The normalized spacial score (nSPS) is 22.7. The summed E-state index contributed by atoms with van der Waals surface area (Å²) in [7, 11) is 0. The van der Waals surface area contributed by atoms with E-state index in [4.69, 9.17) is 0 Å². The molecule has 0 aliphatic carbocycles. The van der Waals surface area contributed by atoms with Gasteiger partial charge in [-0.15, -0.1) is 0 Å². The number of carbonyl (C=O) groups excluding carboxylic acids is 1. The van der Waals surface area contributed by atoms with E-state index in [1.54, 1.807) is 0 Å². The van der Waals surface area contributed by atoms with Gasteiger partial charge < -0.3 is 10.2 Å². The summed E-state index contributed by atoms with van der Waals surface area (Å²) in [6.45, 7) is 1.83. The molecule has 1 fully saturated rings. The first-order valence-electron chi connectivity index (χ1n) is 4.98. The van der Waals surface area contributed by atoms with Crippen molar-refractivity contribution >= 4 is 6.03 Å². The Bertz CT molecular complexity index is 230. The lowest BCUT2D eigenvalue weighted by Gasteiger charge is -2.31. The Labute approximate surface area is 86.6 Å². The van der Waals surface area contributed by atoms with Gasteiger partial charge >= 0.3 is 12.2 Å². The Morgan fingerprint density at radius 1 is 1.53 bits per heavy atom. The van der Waals surface area contributed by atoms with Gasteiger partial charge in [0.15, 0.2) is 0 Å². The Morgan fingerprint density at radius 2 is 2.20 bits per heavy atom. The summed E-state index contributed by atoms with van der Waals surface area (Å²) in [5, 5.41) is 1.87. The number of likely N-dealkylation sites (tertiary alicyclic amines) is 1. The largest absolute Gasteiger partial charge is 0.405 e. The predicted molar refractivity (Wildman–Crippen MR) is 49.4 cm³/mol. The van der Waals surface area contributed by atoms with Crippen LogP contribution in [0.4, 0.5) is 18.0 Å². The van der Waals surface area contributed by atoms with Crippen molar-refractivity contribution in [3.63, 3.8) is 0 Å². The lowest BCUT2D eigenvalue weighted by atomic mass is 10.0. The molecule has 0 saturated carbocycles. The van der Waals surface area contributed by atoms with Crippen LogP contribution in [0.2, 0.25) is 0 Å². The maximum atomic E-state index is 11.8. The lowest BCUT2D eigenvalue weighted by molar-refractivity contribution is -0.123. The van der Waals surface area contributed by atoms with Crippen LogP contribution in [-0.4, -0.2) is 36.7 Å². The second-order valence-electron chi connectivity index (χ2n) is 3.97. The molecule has 0 spiro atoms. The van der Waals surface area contributed by atoms with E-state index in [2.05, 4.69) is 0 Å². The summed E-state index contributed by atoms with van der Waals surface area (Å²) in [5.74, 6) is 0.371. The van der Waals surface area contributed by atoms with Crippen LogP contribution >= 0.6 is 0 Å². The maximum absolute atomic E-state index is 11.8. The molecule has 1 aliphatic heterocycles. The van der Waals surface area contributed by atoms with Crippen LogP contribution < -0.4 is 5.32 Å². The zero-order valence-electron chi connectivity index (χ0n) is 8.60. The number of hydrogen-bond acceptors (Lipinski definition) is 1. The number of halogens is 3. The molecule has 1 rings (SSSR count). The van der Waals surface area contributed by atoms with Crippen molar-refractivity contribution < 1.29 is 18.0 Å². The van der Waals surface area contributed by atoms with Gasteiger partial charge in [0.1, 0.15) is 6.54 Å². The third-order valence-corrected chi connectivity index (χ3v) is 2.38. The highest BCUT2D eigenvalue weighted by Gasteiger charge is 2.29. The second-order valence-corrected chi connectivity index (χ2v) is 3.97. The summed E-state index contributed by atoms with van der Waals surface area (Å²) in [6, 6.07) is -0.612. The highest BCUT2D eigenvalue weighted by Crippen LogP contribution is 2.16.